The van der Waals surface area contributed by atoms with Crippen molar-refractivity contribution in [1.82, 2.24) is 0 Å². The molecule has 0 amide bonds. The zero-order chi connectivity index (χ0) is 8.72. The molecule has 2 nitrogen and oxygen atoms in total. The van der Waals surface area contributed by atoms with Gasteiger partial charge < -0.3 is 5.11 Å². The van der Waals surface area contributed by atoms with E-state index in [2.05, 4.69) is 0 Å². The molecular formula is C7H6O2S3. The highest BCUT2D eigenvalue weighted by molar-refractivity contribution is 7.79. The van der Waals surface area contributed by atoms with Gasteiger partial charge in [0.05, 0.1) is 5.92 Å². The molecule has 0 aliphatic heterocycles. The lowest BCUT2D eigenvalue weighted by atomic mass is 10.1. The summed E-state index contributed by atoms with van der Waals surface area (Å²) in [5.74, 6) is -0.917. The van der Waals surface area contributed by atoms with E-state index in [4.69, 9.17) is 17.3 Å². The van der Waals surface area contributed by atoms with Crippen LogP contribution in [0.15, 0.2) is 0 Å². The van der Waals surface area contributed by atoms with Crippen molar-refractivity contribution < 1.29 is 9.90 Å². The van der Waals surface area contributed by atoms with E-state index in [1.54, 1.807) is 20.7 Å². The predicted molar refractivity (Wildman–Crippen MR) is 51.6 cm³/mol. The van der Waals surface area contributed by atoms with Gasteiger partial charge in [-0.15, -0.1) is 0 Å². The molecule has 64 valence electrons. The minimum Gasteiger partial charge on any atom is -0.481 e. The number of carbonyl (C=O) groups is 1. The van der Waals surface area contributed by atoms with Gasteiger partial charge in [-0.1, -0.05) is 32.9 Å². The molecular weight excluding hydrogens is 212 g/mol. The van der Waals surface area contributed by atoms with E-state index in [-0.39, 0.29) is 5.92 Å². The lowest BCUT2D eigenvalue weighted by molar-refractivity contribution is -0.141. The number of aliphatic carboxylic acids is 1. The highest BCUT2D eigenvalue weighted by Gasteiger charge is 2.29. The molecule has 0 bridgehead atoms. The second-order valence-electron chi connectivity index (χ2n) is 2.80. The monoisotopic (exact) mass is 218 g/mol. The van der Waals surface area contributed by atoms with Gasteiger partial charge in [-0.05, 0) is 18.4 Å². The number of hydrogen-bond acceptors (Lipinski definition) is 4. The summed E-state index contributed by atoms with van der Waals surface area (Å²) in [5, 5.41) is 8.77. The summed E-state index contributed by atoms with van der Waals surface area (Å²) in [6, 6.07) is 0. The van der Waals surface area contributed by atoms with Crippen molar-refractivity contribution in [2.45, 2.75) is 12.8 Å². The Labute approximate surface area is 81.9 Å². The Kier molecular flexibility index (Phi) is 2.02. The Morgan fingerprint density at radius 2 is 2.25 bits per heavy atom. The molecule has 5 heteroatoms. The van der Waals surface area contributed by atoms with Crippen molar-refractivity contribution >= 4 is 38.9 Å². The molecule has 0 saturated heterocycles. The van der Waals surface area contributed by atoms with Crippen molar-refractivity contribution in [3.05, 3.63) is 14.3 Å². The first-order valence-electron chi connectivity index (χ1n) is 3.52. The molecule has 2 rings (SSSR count). The van der Waals surface area contributed by atoms with Gasteiger partial charge in [0.1, 0.15) is 3.82 Å². The Balaban J connectivity index is 2.34. The number of fused-ring (bicyclic) bond motifs is 1. The van der Waals surface area contributed by atoms with Crippen molar-refractivity contribution in [2.24, 2.45) is 5.92 Å². The topological polar surface area (TPSA) is 37.3 Å². The summed E-state index contributed by atoms with van der Waals surface area (Å²) in [6.45, 7) is 0. The second-order valence-corrected chi connectivity index (χ2v) is 5.70. The van der Waals surface area contributed by atoms with Crippen LogP contribution in [0.1, 0.15) is 10.4 Å². The van der Waals surface area contributed by atoms with E-state index < -0.39 is 5.97 Å². The molecule has 0 unspecified atom stereocenters. The van der Waals surface area contributed by atoms with Crippen LogP contribution in [-0.2, 0) is 17.6 Å². The van der Waals surface area contributed by atoms with Gasteiger partial charge in [0.15, 0.2) is 0 Å². The fourth-order valence-corrected chi connectivity index (χ4v) is 4.39. The van der Waals surface area contributed by atoms with Crippen molar-refractivity contribution in [1.29, 1.82) is 0 Å². The van der Waals surface area contributed by atoms with Crippen LogP contribution >= 0.6 is 32.9 Å². The van der Waals surface area contributed by atoms with Gasteiger partial charge in [0.25, 0.3) is 0 Å². The van der Waals surface area contributed by atoms with Crippen LogP contribution in [0.25, 0.3) is 0 Å². The molecule has 1 N–H and O–H groups in total. The van der Waals surface area contributed by atoms with E-state index >= 15 is 0 Å². The molecule has 1 aromatic heterocycles. The molecule has 1 aromatic rings. The van der Waals surface area contributed by atoms with E-state index in [0.717, 1.165) is 9.39 Å². The second kappa shape index (κ2) is 2.90. The summed E-state index contributed by atoms with van der Waals surface area (Å²) in [6.07, 6.45) is 1.33. The molecule has 0 spiro atoms. The zero-order valence-corrected chi connectivity index (χ0v) is 8.52. The van der Waals surface area contributed by atoms with Crippen LogP contribution in [0.4, 0.5) is 0 Å². The molecule has 0 radical (unpaired) electrons. The predicted octanol–water partition coefficient (Wildman–Crippen LogP) is 2.34. The minimum absolute atomic E-state index is 0.221. The average molecular weight is 218 g/mol. The molecule has 1 heterocycles. The molecule has 1 aliphatic carbocycles. The van der Waals surface area contributed by atoms with Crippen LogP contribution in [0, 0.1) is 9.74 Å². The maximum absolute atomic E-state index is 10.7. The highest BCUT2D eigenvalue weighted by Crippen LogP contribution is 2.35. The summed E-state index contributed by atoms with van der Waals surface area (Å²) in [5.41, 5.74) is 1.12. The van der Waals surface area contributed by atoms with Gasteiger partial charge >= 0.3 is 5.97 Å². The highest BCUT2D eigenvalue weighted by atomic mass is 32.9. The maximum Gasteiger partial charge on any atom is 0.307 e. The van der Waals surface area contributed by atoms with E-state index in [1.165, 1.54) is 4.88 Å². The normalized spacial score (nSPS) is 20.8. The fourth-order valence-electron chi connectivity index (χ4n) is 1.37. The smallest absolute Gasteiger partial charge is 0.307 e. The van der Waals surface area contributed by atoms with E-state index in [9.17, 15) is 4.79 Å². The lowest BCUT2D eigenvalue weighted by Gasteiger charge is -1.98. The van der Waals surface area contributed by atoms with Gasteiger partial charge in [-0.2, -0.15) is 0 Å². The minimum atomic E-state index is -0.696. The number of carboxylic acids is 1. The summed E-state index contributed by atoms with van der Waals surface area (Å²) in [4.78, 5) is 11.8. The summed E-state index contributed by atoms with van der Waals surface area (Å²) < 4.78 is 0.888. The molecule has 1 atom stereocenters. The molecule has 0 saturated carbocycles. The molecule has 0 aromatic carbocycles. The van der Waals surface area contributed by atoms with Crippen molar-refractivity contribution in [3.63, 3.8) is 0 Å². The number of hydrogen-bond donors (Lipinski definition) is 1. The van der Waals surface area contributed by atoms with Crippen LogP contribution in [0.3, 0.4) is 0 Å². The number of carboxylic acid groups (broad SMARTS) is 1. The largest absolute Gasteiger partial charge is 0.481 e. The first-order valence-corrected chi connectivity index (χ1v) is 6.08. The SMILES string of the molecule is O=C(O)[C@@H]1Cc2ssc(=S)c2C1. The van der Waals surface area contributed by atoms with Gasteiger partial charge in [0, 0.05) is 4.88 Å². The fraction of sp³-hybridized carbons (Fsp3) is 0.429. The summed E-state index contributed by atoms with van der Waals surface area (Å²) in [7, 11) is 3.22. The third kappa shape index (κ3) is 1.22. The molecule has 12 heavy (non-hydrogen) atoms. The molecule has 1 aliphatic rings. The Hall–Kier alpha value is -0.260. The standard InChI is InChI=1S/C7H6O2S3/c8-6(9)3-1-4-5(2-3)11-12-7(4)10/h3H,1-2H2,(H,8,9)/t3-/m0/s1. The van der Waals surface area contributed by atoms with Crippen LogP contribution < -0.4 is 0 Å². The van der Waals surface area contributed by atoms with Gasteiger partial charge in [0.2, 0.25) is 0 Å². The van der Waals surface area contributed by atoms with Crippen LogP contribution in [0.2, 0.25) is 0 Å². The van der Waals surface area contributed by atoms with Crippen molar-refractivity contribution in [2.75, 3.05) is 0 Å². The van der Waals surface area contributed by atoms with Gasteiger partial charge in [-0.3, -0.25) is 4.79 Å². The van der Waals surface area contributed by atoms with Crippen LogP contribution in [-0.4, -0.2) is 11.1 Å². The lowest BCUT2D eigenvalue weighted by Crippen LogP contribution is -2.12. The Morgan fingerprint density at radius 3 is 2.83 bits per heavy atom. The zero-order valence-electron chi connectivity index (χ0n) is 6.07. The average Bonchev–Trinajstić information content (AvgIpc) is 2.53. The third-order valence-corrected chi connectivity index (χ3v) is 5.29. The quantitative estimate of drug-likeness (QED) is 0.580. The van der Waals surface area contributed by atoms with E-state index in [1.807, 2.05) is 0 Å². The number of rotatable bonds is 1. The van der Waals surface area contributed by atoms with E-state index in [0.29, 0.717) is 12.8 Å². The summed E-state index contributed by atoms with van der Waals surface area (Å²) >= 11 is 5.09. The first-order chi connectivity index (χ1) is 5.68. The molecule has 0 fully saturated rings. The Bertz CT molecular complexity index is 376. The van der Waals surface area contributed by atoms with Crippen molar-refractivity contribution in [3.8, 4) is 0 Å². The maximum atomic E-state index is 10.7. The van der Waals surface area contributed by atoms with Gasteiger partial charge in [-0.25, -0.2) is 0 Å². The first kappa shape index (κ1) is 8.34. The Morgan fingerprint density at radius 1 is 1.50 bits per heavy atom. The van der Waals surface area contributed by atoms with Crippen LogP contribution in [0.5, 0.6) is 0 Å². The third-order valence-electron chi connectivity index (χ3n) is 2.03.